The van der Waals surface area contributed by atoms with Gasteiger partial charge in [-0.15, -0.1) is 0 Å². The highest BCUT2D eigenvalue weighted by Gasteiger charge is 2.53. The van der Waals surface area contributed by atoms with E-state index in [2.05, 4.69) is 17.1 Å². The first kappa shape index (κ1) is 17.1. The first-order chi connectivity index (χ1) is 10.4. The minimum atomic E-state index is -0.993. The summed E-state index contributed by atoms with van der Waals surface area (Å²) >= 11 is 0. The second kappa shape index (κ2) is 6.87. The monoisotopic (exact) mass is 307 g/mol. The van der Waals surface area contributed by atoms with Gasteiger partial charge in [0.1, 0.15) is 6.10 Å². The predicted octanol–water partition coefficient (Wildman–Crippen LogP) is 2.96. The van der Waals surface area contributed by atoms with Crippen LogP contribution >= 0.6 is 0 Å². The van der Waals surface area contributed by atoms with E-state index >= 15 is 0 Å². The van der Waals surface area contributed by atoms with Gasteiger partial charge in [0.05, 0.1) is 12.6 Å². The van der Waals surface area contributed by atoms with Crippen molar-refractivity contribution in [1.82, 2.24) is 0 Å². The first-order valence-corrected chi connectivity index (χ1v) is 7.44. The molecule has 0 aliphatic carbocycles. The predicted molar refractivity (Wildman–Crippen MR) is 85.0 cm³/mol. The third-order valence-corrected chi connectivity index (χ3v) is 4.26. The van der Waals surface area contributed by atoms with Crippen LogP contribution in [0.4, 0.5) is 0 Å². The second-order valence-corrected chi connectivity index (χ2v) is 5.65. The van der Waals surface area contributed by atoms with Crippen molar-refractivity contribution in [2.24, 2.45) is 4.99 Å². The van der Waals surface area contributed by atoms with Crippen LogP contribution in [-0.2, 0) is 18.9 Å². The molecule has 1 aliphatic heterocycles. The minimum Gasteiger partial charge on any atom is -0.349 e. The molecule has 2 rings (SSSR count). The van der Waals surface area contributed by atoms with Crippen molar-refractivity contribution in [3.05, 3.63) is 35.9 Å². The number of hydrogen-bond acceptors (Lipinski definition) is 5. The molecule has 5 heteroatoms. The van der Waals surface area contributed by atoms with Gasteiger partial charge in [0, 0.05) is 20.4 Å². The molecule has 0 bridgehead atoms. The topological polar surface area (TPSA) is 49.3 Å². The zero-order valence-electron chi connectivity index (χ0n) is 13.9. The highest BCUT2D eigenvalue weighted by atomic mass is 16.8. The fourth-order valence-electron chi connectivity index (χ4n) is 2.40. The smallest absolute Gasteiger partial charge is 0.220 e. The van der Waals surface area contributed by atoms with Gasteiger partial charge in [-0.05, 0) is 26.3 Å². The van der Waals surface area contributed by atoms with Gasteiger partial charge in [-0.1, -0.05) is 30.3 Å². The molecular weight excluding hydrogens is 282 g/mol. The SMILES string of the molecule is CO[C@]1(C)OC[C@@H](C=N[C@H](C)c2ccccc2)O[C@@]1(C)OC. The first-order valence-electron chi connectivity index (χ1n) is 7.44. The number of nitrogens with zero attached hydrogens (tertiary/aromatic N) is 1. The molecule has 0 amide bonds. The molecule has 0 radical (unpaired) electrons. The van der Waals surface area contributed by atoms with Crippen LogP contribution in [0.15, 0.2) is 35.3 Å². The highest BCUT2D eigenvalue weighted by molar-refractivity contribution is 5.64. The highest BCUT2D eigenvalue weighted by Crippen LogP contribution is 2.36. The van der Waals surface area contributed by atoms with Crippen molar-refractivity contribution in [3.8, 4) is 0 Å². The van der Waals surface area contributed by atoms with Crippen molar-refractivity contribution in [2.45, 2.75) is 44.5 Å². The summed E-state index contributed by atoms with van der Waals surface area (Å²) in [5, 5.41) is 0. The minimum absolute atomic E-state index is 0.0642. The van der Waals surface area contributed by atoms with Crippen LogP contribution in [0.1, 0.15) is 32.4 Å². The van der Waals surface area contributed by atoms with Gasteiger partial charge in [0.2, 0.25) is 11.6 Å². The summed E-state index contributed by atoms with van der Waals surface area (Å²) in [6.07, 6.45) is 1.50. The number of ether oxygens (including phenoxy) is 4. The molecule has 4 atom stereocenters. The lowest BCUT2D eigenvalue weighted by atomic mass is 10.1. The molecule has 0 N–H and O–H groups in total. The van der Waals surface area contributed by atoms with Gasteiger partial charge >= 0.3 is 0 Å². The third-order valence-electron chi connectivity index (χ3n) is 4.26. The Bertz CT molecular complexity index is 507. The molecule has 22 heavy (non-hydrogen) atoms. The van der Waals surface area contributed by atoms with Crippen LogP contribution in [0.2, 0.25) is 0 Å². The maximum absolute atomic E-state index is 5.99. The number of hydrogen-bond donors (Lipinski definition) is 0. The lowest BCUT2D eigenvalue weighted by molar-refractivity contribution is -0.423. The van der Waals surface area contributed by atoms with Crippen molar-refractivity contribution in [1.29, 1.82) is 0 Å². The average Bonchev–Trinajstić information content (AvgIpc) is 2.56. The van der Waals surface area contributed by atoms with E-state index in [-0.39, 0.29) is 12.1 Å². The summed E-state index contributed by atoms with van der Waals surface area (Å²) < 4.78 is 22.7. The van der Waals surface area contributed by atoms with E-state index in [1.165, 1.54) is 0 Å². The van der Waals surface area contributed by atoms with Gasteiger partial charge in [0.15, 0.2) is 0 Å². The van der Waals surface area contributed by atoms with Crippen LogP contribution in [0.3, 0.4) is 0 Å². The summed E-state index contributed by atoms with van der Waals surface area (Å²) in [7, 11) is 3.15. The molecule has 0 saturated carbocycles. The third kappa shape index (κ3) is 3.38. The standard InChI is InChI=1S/C17H25NO4/c1-13(14-9-7-6-8-10-14)18-11-15-12-21-16(2,19-4)17(3,20-5)22-15/h6-11,13,15H,12H2,1-5H3/t13-,15-,16-,17-/m1/s1. The Morgan fingerprint density at radius 2 is 1.82 bits per heavy atom. The maximum atomic E-state index is 5.99. The quantitative estimate of drug-likeness (QED) is 0.785. The van der Waals surface area contributed by atoms with E-state index in [0.29, 0.717) is 6.61 Å². The van der Waals surface area contributed by atoms with E-state index in [4.69, 9.17) is 18.9 Å². The van der Waals surface area contributed by atoms with Crippen molar-refractivity contribution < 1.29 is 18.9 Å². The largest absolute Gasteiger partial charge is 0.349 e. The molecule has 1 aromatic rings. The maximum Gasteiger partial charge on any atom is 0.220 e. The van der Waals surface area contributed by atoms with Crippen LogP contribution in [-0.4, -0.2) is 44.7 Å². The average molecular weight is 307 g/mol. The molecule has 1 aliphatic rings. The summed E-state index contributed by atoms with van der Waals surface area (Å²) in [6, 6.07) is 10.2. The van der Waals surface area contributed by atoms with Gasteiger partial charge < -0.3 is 18.9 Å². The Labute approximate surface area is 132 Å². The number of methoxy groups -OCH3 is 2. The zero-order chi connectivity index (χ0) is 16.2. The Morgan fingerprint density at radius 1 is 1.18 bits per heavy atom. The van der Waals surface area contributed by atoms with Gasteiger partial charge in [-0.2, -0.15) is 0 Å². The molecule has 0 spiro atoms. The summed E-state index contributed by atoms with van der Waals surface area (Å²) in [4.78, 5) is 4.57. The van der Waals surface area contributed by atoms with E-state index in [0.717, 1.165) is 5.56 Å². The van der Waals surface area contributed by atoms with Gasteiger partial charge in [0.25, 0.3) is 0 Å². The van der Waals surface area contributed by atoms with E-state index in [1.807, 2.05) is 25.1 Å². The van der Waals surface area contributed by atoms with Crippen LogP contribution in [0.25, 0.3) is 0 Å². The molecule has 5 nitrogen and oxygen atoms in total. The molecular formula is C17H25NO4. The van der Waals surface area contributed by atoms with Crippen LogP contribution < -0.4 is 0 Å². The summed E-state index contributed by atoms with van der Waals surface area (Å²) in [6.45, 7) is 6.02. The zero-order valence-corrected chi connectivity index (χ0v) is 13.9. The number of benzene rings is 1. The lowest BCUT2D eigenvalue weighted by Crippen LogP contribution is -2.62. The molecule has 1 fully saturated rings. The van der Waals surface area contributed by atoms with Crippen LogP contribution in [0, 0.1) is 0 Å². The second-order valence-electron chi connectivity index (χ2n) is 5.65. The molecule has 0 aromatic heterocycles. The number of rotatable bonds is 5. The molecule has 0 unspecified atom stereocenters. The molecule has 122 valence electrons. The molecule has 1 heterocycles. The summed E-state index contributed by atoms with van der Waals surface area (Å²) in [5.41, 5.74) is 1.16. The van der Waals surface area contributed by atoms with Crippen molar-refractivity contribution >= 4 is 6.21 Å². The summed E-state index contributed by atoms with van der Waals surface area (Å²) in [5.74, 6) is -1.94. The number of aliphatic imine (C=N–C) groups is 1. The Morgan fingerprint density at radius 3 is 2.41 bits per heavy atom. The van der Waals surface area contributed by atoms with E-state index in [1.54, 1.807) is 34.3 Å². The molecule has 1 saturated heterocycles. The van der Waals surface area contributed by atoms with Gasteiger partial charge in [-0.25, -0.2) is 0 Å². The van der Waals surface area contributed by atoms with E-state index in [9.17, 15) is 0 Å². The fourth-order valence-corrected chi connectivity index (χ4v) is 2.40. The van der Waals surface area contributed by atoms with Gasteiger partial charge in [-0.3, -0.25) is 4.99 Å². The Kier molecular flexibility index (Phi) is 5.34. The Hall–Kier alpha value is -1.27. The van der Waals surface area contributed by atoms with Crippen molar-refractivity contribution in [2.75, 3.05) is 20.8 Å². The van der Waals surface area contributed by atoms with Crippen LogP contribution in [0.5, 0.6) is 0 Å². The van der Waals surface area contributed by atoms with E-state index < -0.39 is 11.6 Å². The van der Waals surface area contributed by atoms with Crippen molar-refractivity contribution in [3.63, 3.8) is 0 Å². The Balaban J connectivity index is 2.04. The lowest BCUT2D eigenvalue weighted by Gasteiger charge is -2.48. The fraction of sp³-hybridized carbons (Fsp3) is 0.588. The molecule has 1 aromatic carbocycles. The normalized spacial score (nSPS) is 34.0.